The normalized spacial score (nSPS) is 12.1. The molecule has 1 amide bonds. The van der Waals surface area contributed by atoms with E-state index in [1.165, 1.54) is 18.2 Å². The summed E-state index contributed by atoms with van der Waals surface area (Å²) in [6.45, 7) is 3.54. The number of aliphatic hydroxyl groups excluding tert-OH is 2. The van der Waals surface area contributed by atoms with Gasteiger partial charge in [-0.2, -0.15) is 0 Å². The summed E-state index contributed by atoms with van der Waals surface area (Å²) >= 11 is 0. The Hall–Kier alpha value is -4.87. The van der Waals surface area contributed by atoms with E-state index in [4.69, 9.17) is 4.74 Å². The lowest BCUT2D eigenvalue weighted by Crippen LogP contribution is -2.30. The van der Waals surface area contributed by atoms with Crippen LogP contribution in [0.25, 0.3) is 0 Å². The minimum Gasteiger partial charge on any atom is -0.488 e. The van der Waals surface area contributed by atoms with Gasteiger partial charge in [0.05, 0.1) is 28.1 Å². The van der Waals surface area contributed by atoms with Crippen molar-refractivity contribution in [1.82, 2.24) is 15.2 Å². The Morgan fingerprint density at radius 1 is 0.857 bits per heavy atom. The third kappa shape index (κ3) is 9.84. The first-order valence-electron chi connectivity index (χ1n) is 16.1. The van der Waals surface area contributed by atoms with Crippen LogP contribution in [0.5, 0.6) is 5.75 Å². The second kappa shape index (κ2) is 17.0. The van der Waals surface area contributed by atoms with Crippen LogP contribution in [0.2, 0.25) is 0 Å². The molecule has 0 aliphatic heterocycles. The fourth-order valence-corrected chi connectivity index (χ4v) is 6.63. The molecule has 5 aromatic rings. The van der Waals surface area contributed by atoms with Crippen LogP contribution in [0.1, 0.15) is 44.4 Å². The first kappa shape index (κ1) is 35.4. The van der Waals surface area contributed by atoms with Gasteiger partial charge in [0.2, 0.25) is 9.84 Å². The van der Waals surface area contributed by atoms with E-state index in [2.05, 4.69) is 27.3 Å². The van der Waals surface area contributed by atoms with Crippen molar-refractivity contribution in [2.75, 3.05) is 26.2 Å². The average molecular weight is 680 g/mol. The minimum absolute atomic E-state index is 0.0142. The molecule has 1 heterocycles. The van der Waals surface area contributed by atoms with Crippen molar-refractivity contribution in [3.05, 3.63) is 155 Å². The number of nitrogens with one attached hydrogen (secondary N) is 1. The van der Waals surface area contributed by atoms with Crippen molar-refractivity contribution in [2.24, 2.45) is 0 Å². The second-order valence-corrected chi connectivity index (χ2v) is 13.7. The van der Waals surface area contributed by atoms with E-state index in [-0.39, 0.29) is 40.9 Å². The number of nitrogens with zero attached hydrogens (tertiary/aromatic N) is 2. The lowest BCUT2D eigenvalue weighted by molar-refractivity contribution is 0.0940. The molecule has 0 bridgehead atoms. The van der Waals surface area contributed by atoms with Crippen LogP contribution in [0.3, 0.4) is 0 Å². The predicted molar refractivity (Wildman–Crippen MR) is 188 cm³/mol. The maximum atomic E-state index is 13.7. The number of aromatic nitrogens is 1. The molecule has 0 unspecified atom stereocenters. The number of ether oxygens (including phenoxy) is 1. The van der Waals surface area contributed by atoms with Crippen LogP contribution in [0.15, 0.2) is 131 Å². The highest BCUT2D eigenvalue weighted by Crippen LogP contribution is 2.28. The average Bonchev–Trinajstić information content (AvgIpc) is 3.13. The molecule has 254 valence electrons. The molecule has 0 saturated heterocycles. The van der Waals surface area contributed by atoms with Crippen molar-refractivity contribution in [3.8, 4) is 5.75 Å². The van der Waals surface area contributed by atoms with E-state index in [1.54, 1.807) is 30.5 Å². The smallest absolute Gasteiger partial charge is 0.255 e. The Morgan fingerprint density at radius 3 is 2.18 bits per heavy atom. The van der Waals surface area contributed by atoms with E-state index < -0.39 is 21.8 Å². The van der Waals surface area contributed by atoms with Crippen LogP contribution in [0.4, 0.5) is 0 Å². The number of aryl methyl sites for hydroxylation is 1. The van der Waals surface area contributed by atoms with Gasteiger partial charge in [-0.3, -0.25) is 14.7 Å². The number of hydrogen-bond donors (Lipinski definition) is 3. The lowest BCUT2D eigenvalue weighted by atomic mass is 10.1. The largest absolute Gasteiger partial charge is 0.488 e. The van der Waals surface area contributed by atoms with Gasteiger partial charge in [0.15, 0.2) is 0 Å². The Bertz CT molecular complexity index is 1900. The molecule has 9 nitrogen and oxygen atoms in total. The van der Waals surface area contributed by atoms with E-state index in [0.717, 1.165) is 27.9 Å². The van der Waals surface area contributed by atoms with E-state index in [9.17, 15) is 23.4 Å². The molecule has 0 radical (unpaired) electrons. The number of benzene rings is 4. The van der Waals surface area contributed by atoms with E-state index in [1.807, 2.05) is 67.6 Å². The molecule has 10 heteroatoms. The number of carbonyl (C=O) groups is 1. The highest BCUT2D eigenvalue weighted by atomic mass is 32.2. The van der Waals surface area contributed by atoms with Gasteiger partial charge in [-0.05, 0) is 66.4 Å². The molecule has 0 spiro atoms. The third-order valence-corrected chi connectivity index (χ3v) is 9.86. The van der Waals surface area contributed by atoms with Crippen molar-refractivity contribution in [1.29, 1.82) is 0 Å². The molecule has 0 fully saturated rings. The van der Waals surface area contributed by atoms with Gasteiger partial charge in [-0.1, -0.05) is 78.9 Å². The summed E-state index contributed by atoms with van der Waals surface area (Å²) in [6, 6.07) is 34.2. The molecular formula is C39H41N3O6S. The Labute approximate surface area is 287 Å². The summed E-state index contributed by atoms with van der Waals surface area (Å²) in [7, 11) is -3.97. The standard InChI is InChI=1S/C39H41N3O6S/c1-29-12-15-33(25-41-29)37(44)27-42(26-31-8-4-2-5-9-31)22-20-30-13-16-34(17-14-30)49(46,47)35-18-19-38(36(24-35)39(45)40-21-23-43)48-28-32-10-6-3-7-11-32/h2-19,24-25,37,43-44H,20-23,26-28H2,1H3,(H,40,45)/t37-/m1/s1. The molecule has 0 aliphatic rings. The number of sulfone groups is 1. The molecule has 0 saturated carbocycles. The quantitative estimate of drug-likeness (QED) is 0.128. The zero-order valence-corrected chi connectivity index (χ0v) is 28.2. The first-order chi connectivity index (χ1) is 23.7. The molecule has 1 atom stereocenters. The molecule has 1 aromatic heterocycles. The molecule has 49 heavy (non-hydrogen) atoms. The Morgan fingerprint density at radius 2 is 1.53 bits per heavy atom. The summed E-state index contributed by atoms with van der Waals surface area (Å²) in [5.74, 6) is -0.314. The van der Waals surface area contributed by atoms with Crippen molar-refractivity contribution in [2.45, 2.75) is 42.4 Å². The van der Waals surface area contributed by atoms with Gasteiger partial charge in [0, 0.05) is 43.6 Å². The molecule has 0 aliphatic carbocycles. The Kier molecular flexibility index (Phi) is 12.3. The lowest BCUT2D eigenvalue weighted by Gasteiger charge is -2.25. The number of rotatable bonds is 16. The summed E-state index contributed by atoms with van der Waals surface area (Å²) in [5, 5.41) is 22.8. The number of aliphatic hydroxyl groups is 2. The van der Waals surface area contributed by atoms with Gasteiger partial charge in [-0.15, -0.1) is 0 Å². The van der Waals surface area contributed by atoms with Crippen molar-refractivity contribution < 1.29 is 28.2 Å². The van der Waals surface area contributed by atoms with Crippen molar-refractivity contribution in [3.63, 3.8) is 0 Å². The maximum absolute atomic E-state index is 13.7. The number of amides is 1. The summed E-state index contributed by atoms with van der Waals surface area (Å²) in [5.41, 5.74) is 4.66. The van der Waals surface area contributed by atoms with Gasteiger partial charge in [-0.25, -0.2) is 8.42 Å². The zero-order valence-electron chi connectivity index (χ0n) is 27.4. The first-order valence-corrected chi connectivity index (χ1v) is 17.6. The zero-order chi connectivity index (χ0) is 34.6. The summed E-state index contributed by atoms with van der Waals surface area (Å²) < 4.78 is 33.3. The second-order valence-electron chi connectivity index (χ2n) is 11.8. The Balaban J connectivity index is 1.30. The number of pyridine rings is 1. The predicted octanol–water partition coefficient (Wildman–Crippen LogP) is 5.30. The molecule has 4 aromatic carbocycles. The fraction of sp³-hybridized carbons (Fsp3) is 0.231. The third-order valence-electron chi connectivity index (χ3n) is 8.09. The summed E-state index contributed by atoms with van der Waals surface area (Å²) in [6.07, 6.45) is 1.62. The molecule has 5 rings (SSSR count). The topological polar surface area (TPSA) is 129 Å². The maximum Gasteiger partial charge on any atom is 0.255 e. The fourth-order valence-electron chi connectivity index (χ4n) is 5.34. The van der Waals surface area contributed by atoms with Crippen LogP contribution in [0, 0.1) is 6.92 Å². The highest BCUT2D eigenvalue weighted by Gasteiger charge is 2.23. The van der Waals surface area contributed by atoms with E-state index in [0.29, 0.717) is 26.1 Å². The van der Waals surface area contributed by atoms with Crippen LogP contribution < -0.4 is 10.1 Å². The molecular weight excluding hydrogens is 639 g/mol. The monoisotopic (exact) mass is 679 g/mol. The van der Waals surface area contributed by atoms with Gasteiger partial charge in [0.25, 0.3) is 5.91 Å². The van der Waals surface area contributed by atoms with Crippen LogP contribution in [-0.4, -0.2) is 60.7 Å². The SMILES string of the molecule is Cc1ccc([C@H](O)CN(CCc2ccc(S(=O)(=O)c3ccc(OCc4ccccc4)c(C(=O)NCCO)c3)cc2)Cc2ccccc2)cn1. The van der Waals surface area contributed by atoms with Crippen LogP contribution >= 0.6 is 0 Å². The van der Waals surface area contributed by atoms with Crippen molar-refractivity contribution >= 4 is 15.7 Å². The van der Waals surface area contributed by atoms with Gasteiger partial charge in [0.1, 0.15) is 12.4 Å². The highest BCUT2D eigenvalue weighted by molar-refractivity contribution is 7.91. The summed E-state index contributed by atoms with van der Waals surface area (Å²) in [4.78, 5) is 19.5. The van der Waals surface area contributed by atoms with E-state index >= 15 is 0 Å². The van der Waals surface area contributed by atoms with Gasteiger partial charge >= 0.3 is 0 Å². The number of hydrogen-bond acceptors (Lipinski definition) is 8. The minimum atomic E-state index is -3.97. The van der Waals surface area contributed by atoms with Gasteiger partial charge < -0.3 is 20.3 Å². The number of carbonyl (C=O) groups excluding carboxylic acids is 1. The van der Waals surface area contributed by atoms with Crippen LogP contribution in [-0.2, 0) is 29.4 Å². The molecule has 3 N–H and O–H groups in total.